The number of thioether (sulfide) groups is 1. The van der Waals surface area contributed by atoms with Crippen LogP contribution < -0.4 is 16.8 Å². The minimum atomic E-state index is -4.84. The maximum absolute atomic E-state index is 13.7. The number of aromatic nitrogens is 3. The van der Waals surface area contributed by atoms with Gasteiger partial charge in [0.2, 0.25) is 0 Å². The van der Waals surface area contributed by atoms with Crippen molar-refractivity contribution >= 4 is 34.3 Å². The zero-order valence-corrected chi connectivity index (χ0v) is 20.0. The van der Waals surface area contributed by atoms with E-state index in [0.717, 1.165) is 17.3 Å². The van der Waals surface area contributed by atoms with Gasteiger partial charge in [0.15, 0.2) is 0 Å². The summed E-state index contributed by atoms with van der Waals surface area (Å²) in [4.78, 5) is 40.8. The molecule has 12 heteroatoms. The Hall–Kier alpha value is -3.28. The number of ether oxygens (including phenoxy) is 1. The average Bonchev–Trinajstić information content (AvgIpc) is 2.82. The number of H-pyrrole nitrogens is 2. The molecule has 36 heavy (non-hydrogen) atoms. The molecule has 0 saturated heterocycles. The van der Waals surface area contributed by atoms with Gasteiger partial charge < -0.3 is 14.3 Å². The third-order valence-electron chi connectivity index (χ3n) is 5.32. The number of hydrogen-bond acceptors (Lipinski definition) is 5. The first-order chi connectivity index (χ1) is 17.1. The topological polar surface area (TPSA) is 96.9 Å². The fraction of sp³-hybridized carbons (Fsp3) is 0.208. The molecule has 7 nitrogen and oxygen atoms in total. The molecule has 1 atom stereocenters. The average molecular weight is 538 g/mol. The number of nitrogens with one attached hydrogen (secondary N) is 2. The smallest absolute Gasteiger partial charge is 0.375 e. The lowest BCUT2D eigenvalue weighted by molar-refractivity contribution is -0.137. The van der Waals surface area contributed by atoms with E-state index in [2.05, 4.69) is 4.98 Å². The SMILES string of the molecule is O=c1[nH]c(=O)c2cc(C(F)(F)F)c(Cl)c(SC[C@H](COCc3ccccc3)n3ccccc3=O)c2[nH]1. The monoisotopic (exact) mass is 537 g/mol. The zero-order valence-electron chi connectivity index (χ0n) is 18.5. The summed E-state index contributed by atoms with van der Waals surface area (Å²) in [6.45, 7) is 0.330. The summed E-state index contributed by atoms with van der Waals surface area (Å²) >= 11 is 7.03. The molecule has 0 spiro atoms. The van der Waals surface area contributed by atoms with Crippen molar-refractivity contribution in [1.82, 2.24) is 14.5 Å². The van der Waals surface area contributed by atoms with Crippen molar-refractivity contribution < 1.29 is 17.9 Å². The van der Waals surface area contributed by atoms with Gasteiger partial charge in [0.05, 0.1) is 45.6 Å². The summed E-state index contributed by atoms with van der Waals surface area (Å²) in [5.41, 5.74) is -2.59. The second-order valence-corrected chi connectivity index (χ2v) is 9.22. The zero-order chi connectivity index (χ0) is 25.9. The van der Waals surface area contributed by atoms with Crippen molar-refractivity contribution in [3.05, 3.63) is 108 Å². The Bertz CT molecular complexity index is 1550. The Balaban J connectivity index is 1.70. The summed E-state index contributed by atoms with van der Waals surface area (Å²) < 4.78 is 48.2. The molecular weight excluding hydrogens is 519 g/mol. The number of pyridine rings is 1. The molecule has 0 aliphatic rings. The highest BCUT2D eigenvalue weighted by Gasteiger charge is 2.36. The first-order valence-corrected chi connectivity index (χ1v) is 12.0. The minimum Gasteiger partial charge on any atom is -0.375 e. The van der Waals surface area contributed by atoms with Crippen LogP contribution in [0.5, 0.6) is 0 Å². The summed E-state index contributed by atoms with van der Waals surface area (Å²) in [6.07, 6.45) is -3.28. The molecular formula is C24H19ClF3N3O4S. The van der Waals surface area contributed by atoms with Crippen LogP contribution in [-0.4, -0.2) is 26.9 Å². The third kappa shape index (κ3) is 5.75. The summed E-state index contributed by atoms with van der Waals surface area (Å²) in [5, 5.41) is -1.01. The molecule has 188 valence electrons. The van der Waals surface area contributed by atoms with Crippen molar-refractivity contribution in [2.75, 3.05) is 12.4 Å². The molecule has 0 saturated carbocycles. The molecule has 2 N–H and O–H groups in total. The number of alkyl halides is 3. The van der Waals surface area contributed by atoms with Gasteiger partial charge >= 0.3 is 11.9 Å². The third-order valence-corrected chi connectivity index (χ3v) is 7.08. The number of aromatic amines is 2. The molecule has 0 radical (unpaired) electrons. The Morgan fingerprint density at radius 3 is 2.44 bits per heavy atom. The highest BCUT2D eigenvalue weighted by molar-refractivity contribution is 7.99. The van der Waals surface area contributed by atoms with Crippen LogP contribution >= 0.6 is 23.4 Å². The van der Waals surface area contributed by atoms with Gasteiger partial charge in [-0.2, -0.15) is 13.2 Å². The van der Waals surface area contributed by atoms with Gasteiger partial charge in [0, 0.05) is 18.0 Å². The first kappa shape index (κ1) is 25.8. The summed E-state index contributed by atoms with van der Waals surface area (Å²) in [6, 6.07) is 13.9. The molecule has 0 fully saturated rings. The van der Waals surface area contributed by atoms with E-state index >= 15 is 0 Å². The molecule has 0 bridgehead atoms. The quantitative estimate of drug-likeness (QED) is 0.320. The lowest BCUT2D eigenvalue weighted by Gasteiger charge is -2.21. The molecule has 0 unspecified atom stereocenters. The number of benzene rings is 2. The molecule has 2 heterocycles. The Kier molecular flexibility index (Phi) is 7.72. The van der Waals surface area contributed by atoms with E-state index in [9.17, 15) is 27.6 Å². The van der Waals surface area contributed by atoms with Crippen LogP contribution in [-0.2, 0) is 17.5 Å². The number of nitrogens with zero attached hydrogens (tertiary/aromatic N) is 1. The first-order valence-electron chi connectivity index (χ1n) is 10.6. The molecule has 2 aromatic carbocycles. The molecule has 0 amide bonds. The number of halogens is 4. The molecule has 4 aromatic rings. The Morgan fingerprint density at radius 2 is 1.75 bits per heavy atom. The highest BCUT2D eigenvalue weighted by atomic mass is 35.5. The Labute approximate surface area is 210 Å². The normalized spacial score (nSPS) is 12.7. The van der Waals surface area contributed by atoms with E-state index < -0.39 is 34.1 Å². The van der Waals surface area contributed by atoms with Crippen LogP contribution in [0, 0.1) is 0 Å². The number of fused-ring (bicyclic) bond motifs is 1. The van der Waals surface area contributed by atoms with E-state index in [1.165, 1.54) is 10.6 Å². The molecule has 0 aliphatic heterocycles. The van der Waals surface area contributed by atoms with Crippen LogP contribution in [0.25, 0.3) is 10.9 Å². The van der Waals surface area contributed by atoms with Crippen molar-refractivity contribution in [3.8, 4) is 0 Å². The van der Waals surface area contributed by atoms with Gasteiger partial charge in [-0.05, 0) is 17.7 Å². The van der Waals surface area contributed by atoms with Crippen molar-refractivity contribution in [2.24, 2.45) is 0 Å². The van der Waals surface area contributed by atoms with Gasteiger partial charge in [-0.1, -0.05) is 48.0 Å². The van der Waals surface area contributed by atoms with Crippen molar-refractivity contribution in [3.63, 3.8) is 0 Å². The van der Waals surface area contributed by atoms with Gasteiger partial charge in [-0.15, -0.1) is 11.8 Å². The van der Waals surface area contributed by atoms with E-state index in [1.54, 1.807) is 18.3 Å². The second kappa shape index (κ2) is 10.8. The van der Waals surface area contributed by atoms with Crippen LogP contribution in [0.15, 0.2) is 80.1 Å². The largest absolute Gasteiger partial charge is 0.417 e. The molecule has 4 rings (SSSR count). The predicted octanol–water partition coefficient (Wildman–Crippen LogP) is 4.60. The molecule has 2 aromatic heterocycles. The standard InChI is InChI=1S/C24H19ClF3N3O4S/c25-19-17(24(26,27)28)10-16-20(29-23(34)30-22(16)33)21(19)36-13-15(31-9-5-4-8-18(31)32)12-35-11-14-6-2-1-3-7-14/h1-10,15H,11-13H2,(H2,29,30,33,34)/t15-/m0/s1. The maximum atomic E-state index is 13.7. The lowest BCUT2D eigenvalue weighted by atomic mass is 10.1. The maximum Gasteiger partial charge on any atom is 0.417 e. The van der Waals surface area contributed by atoms with Gasteiger partial charge in [-0.25, -0.2) is 4.79 Å². The summed E-state index contributed by atoms with van der Waals surface area (Å²) in [5.74, 6) is 0.0592. The van der Waals surface area contributed by atoms with Crippen molar-refractivity contribution in [2.45, 2.75) is 23.7 Å². The van der Waals surface area contributed by atoms with Crippen molar-refractivity contribution in [1.29, 1.82) is 0 Å². The van der Waals surface area contributed by atoms with Crippen LogP contribution in [0.1, 0.15) is 17.2 Å². The predicted molar refractivity (Wildman–Crippen MR) is 132 cm³/mol. The fourth-order valence-electron chi connectivity index (χ4n) is 3.61. The van der Waals surface area contributed by atoms with E-state index in [1.807, 2.05) is 35.3 Å². The lowest BCUT2D eigenvalue weighted by Crippen LogP contribution is -2.28. The second-order valence-electron chi connectivity index (χ2n) is 7.81. The van der Waals surface area contributed by atoms with Gasteiger partial charge in [0.25, 0.3) is 11.1 Å². The van der Waals surface area contributed by atoms with Crippen LogP contribution in [0.4, 0.5) is 13.2 Å². The van der Waals surface area contributed by atoms with E-state index in [-0.39, 0.29) is 40.3 Å². The number of hydrogen-bond donors (Lipinski definition) is 2. The fourth-order valence-corrected chi connectivity index (χ4v) is 5.19. The summed E-state index contributed by atoms with van der Waals surface area (Å²) in [7, 11) is 0. The number of rotatable bonds is 8. The van der Waals surface area contributed by atoms with E-state index in [0.29, 0.717) is 6.07 Å². The van der Waals surface area contributed by atoms with Gasteiger partial charge in [0.1, 0.15) is 0 Å². The molecule has 0 aliphatic carbocycles. The van der Waals surface area contributed by atoms with Crippen LogP contribution in [0.2, 0.25) is 5.02 Å². The Morgan fingerprint density at radius 1 is 1.03 bits per heavy atom. The van der Waals surface area contributed by atoms with E-state index in [4.69, 9.17) is 16.3 Å². The van der Waals surface area contributed by atoms with Gasteiger partial charge in [-0.3, -0.25) is 14.6 Å². The highest BCUT2D eigenvalue weighted by Crippen LogP contribution is 2.43. The van der Waals surface area contributed by atoms with Crippen LogP contribution in [0.3, 0.4) is 0 Å². The minimum absolute atomic E-state index is 0.0592.